The van der Waals surface area contributed by atoms with Crippen molar-refractivity contribution in [3.05, 3.63) is 11.7 Å². The average Bonchev–Trinajstić information content (AvgIpc) is 2.61. The number of carbonyl (C=O) groups is 1. The van der Waals surface area contributed by atoms with Gasteiger partial charge in [-0.2, -0.15) is 4.98 Å². The van der Waals surface area contributed by atoms with Gasteiger partial charge >= 0.3 is 0 Å². The molecule has 1 aromatic rings. The van der Waals surface area contributed by atoms with Gasteiger partial charge in [0.25, 0.3) is 0 Å². The minimum absolute atomic E-state index is 0.0232. The molecular weight excluding hydrogens is 208 g/mol. The van der Waals surface area contributed by atoms with E-state index in [2.05, 4.69) is 20.8 Å². The lowest BCUT2D eigenvalue weighted by atomic mass is 10.4. The van der Waals surface area contributed by atoms with E-state index < -0.39 is 0 Å². The van der Waals surface area contributed by atoms with Gasteiger partial charge in [0.05, 0.1) is 6.54 Å². The normalized spacial score (nSPS) is 10.8. The third kappa shape index (κ3) is 4.88. The van der Waals surface area contributed by atoms with E-state index in [-0.39, 0.29) is 5.91 Å². The molecule has 1 heterocycles. The number of amides is 1. The van der Waals surface area contributed by atoms with Crippen LogP contribution in [0.1, 0.15) is 25.6 Å². The summed E-state index contributed by atoms with van der Waals surface area (Å²) in [6.07, 6.45) is 0.564. The minimum atomic E-state index is -0.0232. The molecule has 16 heavy (non-hydrogen) atoms. The molecule has 0 fully saturated rings. The van der Waals surface area contributed by atoms with Crippen molar-refractivity contribution in [1.29, 1.82) is 0 Å². The van der Waals surface area contributed by atoms with Crippen molar-refractivity contribution in [2.45, 2.75) is 33.2 Å². The predicted octanol–water partition coefficient (Wildman–Crippen LogP) is 0.0347. The van der Waals surface area contributed by atoms with Crippen molar-refractivity contribution >= 4 is 5.91 Å². The summed E-state index contributed by atoms with van der Waals surface area (Å²) in [6, 6.07) is 0.310. The number of nitrogens with one attached hydrogen (secondary N) is 2. The zero-order chi connectivity index (χ0) is 12.0. The number of aromatic nitrogens is 2. The summed E-state index contributed by atoms with van der Waals surface area (Å²) in [6.45, 7) is 6.60. The van der Waals surface area contributed by atoms with E-state index in [0.29, 0.717) is 37.3 Å². The van der Waals surface area contributed by atoms with Gasteiger partial charge in [0.2, 0.25) is 11.8 Å². The van der Waals surface area contributed by atoms with Crippen LogP contribution >= 0.6 is 0 Å². The maximum Gasteiger partial charge on any atom is 0.233 e. The van der Waals surface area contributed by atoms with Gasteiger partial charge in [-0.15, -0.1) is 0 Å². The Bertz CT molecular complexity index is 335. The molecule has 0 aliphatic rings. The number of hydrogen-bond donors (Lipinski definition) is 2. The first-order chi connectivity index (χ1) is 7.58. The molecule has 0 spiro atoms. The molecule has 90 valence electrons. The van der Waals surface area contributed by atoms with Crippen molar-refractivity contribution in [1.82, 2.24) is 20.8 Å². The van der Waals surface area contributed by atoms with Crippen LogP contribution in [0.15, 0.2) is 4.52 Å². The Kier molecular flexibility index (Phi) is 4.91. The number of hydrogen-bond acceptors (Lipinski definition) is 5. The molecule has 6 heteroatoms. The topological polar surface area (TPSA) is 80.0 Å². The van der Waals surface area contributed by atoms with Gasteiger partial charge in [0, 0.05) is 19.0 Å². The first kappa shape index (κ1) is 12.6. The van der Waals surface area contributed by atoms with Crippen molar-refractivity contribution in [3.63, 3.8) is 0 Å². The lowest BCUT2D eigenvalue weighted by Gasteiger charge is -2.07. The van der Waals surface area contributed by atoms with Gasteiger partial charge < -0.3 is 15.2 Å². The molecule has 0 radical (unpaired) electrons. The maximum absolute atomic E-state index is 11.3. The number of rotatable bonds is 6. The summed E-state index contributed by atoms with van der Waals surface area (Å²) < 4.78 is 4.92. The van der Waals surface area contributed by atoms with Gasteiger partial charge in [0.15, 0.2) is 5.82 Å². The standard InChI is InChI=1S/C10H18N4O2/c1-7(2)12-6-9(15)11-5-4-10-13-8(3)14-16-10/h7,12H,4-6H2,1-3H3,(H,11,15). The molecule has 6 nitrogen and oxygen atoms in total. The Morgan fingerprint density at radius 1 is 1.50 bits per heavy atom. The zero-order valence-corrected chi connectivity index (χ0v) is 9.91. The van der Waals surface area contributed by atoms with E-state index in [1.807, 2.05) is 13.8 Å². The Balaban J connectivity index is 2.13. The lowest BCUT2D eigenvalue weighted by molar-refractivity contribution is -0.120. The van der Waals surface area contributed by atoms with Crippen LogP contribution in [0, 0.1) is 6.92 Å². The van der Waals surface area contributed by atoms with E-state index in [9.17, 15) is 4.79 Å². The fourth-order valence-corrected chi connectivity index (χ4v) is 1.11. The molecule has 0 aromatic carbocycles. The second-order valence-electron chi connectivity index (χ2n) is 3.87. The Hall–Kier alpha value is -1.43. The third-order valence-corrected chi connectivity index (χ3v) is 1.90. The van der Waals surface area contributed by atoms with E-state index in [1.165, 1.54) is 0 Å². The molecule has 1 rings (SSSR count). The van der Waals surface area contributed by atoms with E-state index in [4.69, 9.17) is 4.52 Å². The molecule has 0 atom stereocenters. The van der Waals surface area contributed by atoms with Crippen LogP contribution in [-0.4, -0.2) is 35.2 Å². The summed E-state index contributed by atoms with van der Waals surface area (Å²) in [5.41, 5.74) is 0. The van der Waals surface area contributed by atoms with Crippen LogP contribution in [0.2, 0.25) is 0 Å². The number of aryl methyl sites for hydroxylation is 1. The highest BCUT2D eigenvalue weighted by Crippen LogP contribution is 1.95. The second kappa shape index (κ2) is 6.22. The molecule has 0 bridgehead atoms. The molecular formula is C10H18N4O2. The van der Waals surface area contributed by atoms with Crippen LogP contribution in [0.25, 0.3) is 0 Å². The molecule has 1 amide bonds. The molecule has 1 aromatic heterocycles. The van der Waals surface area contributed by atoms with E-state index >= 15 is 0 Å². The zero-order valence-electron chi connectivity index (χ0n) is 9.91. The molecule has 2 N–H and O–H groups in total. The summed E-state index contributed by atoms with van der Waals surface area (Å²) in [7, 11) is 0. The highest BCUT2D eigenvalue weighted by Gasteiger charge is 2.04. The van der Waals surface area contributed by atoms with Crippen molar-refractivity contribution in [2.24, 2.45) is 0 Å². The SMILES string of the molecule is Cc1noc(CCNC(=O)CNC(C)C)n1. The second-order valence-corrected chi connectivity index (χ2v) is 3.87. The minimum Gasteiger partial charge on any atom is -0.354 e. The number of nitrogens with zero attached hydrogens (tertiary/aromatic N) is 2. The van der Waals surface area contributed by atoms with E-state index in [1.54, 1.807) is 6.92 Å². The van der Waals surface area contributed by atoms with Crippen LogP contribution in [0.4, 0.5) is 0 Å². The smallest absolute Gasteiger partial charge is 0.233 e. The third-order valence-electron chi connectivity index (χ3n) is 1.90. The van der Waals surface area contributed by atoms with Crippen LogP contribution in [0.5, 0.6) is 0 Å². The van der Waals surface area contributed by atoms with Gasteiger partial charge in [-0.3, -0.25) is 4.79 Å². The molecule has 0 aliphatic heterocycles. The molecule has 0 unspecified atom stereocenters. The average molecular weight is 226 g/mol. The fraction of sp³-hybridized carbons (Fsp3) is 0.700. The number of carbonyl (C=O) groups excluding carboxylic acids is 1. The highest BCUT2D eigenvalue weighted by molar-refractivity contribution is 5.77. The van der Waals surface area contributed by atoms with Crippen molar-refractivity contribution in [3.8, 4) is 0 Å². The molecule has 0 aliphatic carbocycles. The molecule has 0 saturated heterocycles. The first-order valence-electron chi connectivity index (χ1n) is 5.37. The van der Waals surface area contributed by atoms with E-state index in [0.717, 1.165) is 0 Å². The van der Waals surface area contributed by atoms with Gasteiger partial charge in [-0.1, -0.05) is 19.0 Å². The van der Waals surface area contributed by atoms with Crippen LogP contribution in [-0.2, 0) is 11.2 Å². The largest absolute Gasteiger partial charge is 0.354 e. The quantitative estimate of drug-likeness (QED) is 0.715. The van der Waals surface area contributed by atoms with Gasteiger partial charge in [0.1, 0.15) is 0 Å². The summed E-state index contributed by atoms with van der Waals surface area (Å²) >= 11 is 0. The highest BCUT2D eigenvalue weighted by atomic mass is 16.5. The van der Waals surface area contributed by atoms with Crippen LogP contribution < -0.4 is 10.6 Å². The van der Waals surface area contributed by atoms with Crippen molar-refractivity contribution in [2.75, 3.05) is 13.1 Å². The predicted molar refractivity (Wildman–Crippen MR) is 58.9 cm³/mol. The Morgan fingerprint density at radius 3 is 2.81 bits per heavy atom. The van der Waals surface area contributed by atoms with Crippen molar-refractivity contribution < 1.29 is 9.32 Å². The summed E-state index contributed by atoms with van der Waals surface area (Å²) in [4.78, 5) is 15.3. The first-order valence-corrected chi connectivity index (χ1v) is 5.37. The Labute approximate surface area is 94.8 Å². The lowest BCUT2D eigenvalue weighted by Crippen LogP contribution is -2.37. The monoisotopic (exact) mass is 226 g/mol. The Morgan fingerprint density at radius 2 is 2.25 bits per heavy atom. The summed E-state index contributed by atoms with van der Waals surface area (Å²) in [5.74, 6) is 1.14. The summed E-state index contributed by atoms with van der Waals surface area (Å²) in [5, 5.41) is 9.46. The van der Waals surface area contributed by atoms with Gasteiger partial charge in [-0.05, 0) is 6.92 Å². The van der Waals surface area contributed by atoms with Gasteiger partial charge in [-0.25, -0.2) is 0 Å². The molecule has 0 saturated carbocycles. The maximum atomic E-state index is 11.3. The fourth-order valence-electron chi connectivity index (χ4n) is 1.11. The van der Waals surface area contributed by atoms with Crippen LogP contribution in [0.3, 0.4) is 0 Å².